The van der Waals surface area contributed by atoms with Crippen molar-refractivity contribution >= 4 is 11.9 Å². The summed E-state index contributed by atoms with van der Waals surface area (Å²) in [5.41, 5.74) is 2.97. The molecule has 0 saturated carbocycles. The Hall–Kier alpha value is -3.49. The van der Waals surface area contributed by atoms with Crippen molar-refractivity contribution < 1.29 is 19.1 Å². The van der Waals surface area contributed by atoms with Crippen LogP contribution in [0.3, 0.4) is 0 Å². The van der Waals surface area contributed by atoms with E-state index in [4.69, 9.17) is 9.47 Å². The highest BCUT2D eigenvalue weighted by atomic mass is 16.6. The maximum atomic E-state index is 11.9. The molecule has 0 aromatic carbocycles. The molecule has 0 bridgehead atoms. The molecule has 27 heavy (non-hydrogen) atoms. The number of carbonyl (C=O) groups excluding carboxylic acids is 2. The van der Waals surface area contributed by atoms with Crippen molar-refractivity contribution in [2.75, 3.05) is 0 Å². The summed E-state index contributed by atoms with van der Waals surface area (Å²) in [6.07, 6.45) is 4.86. The minimum atomic E-state index is -0.500. The molecule has 0 spiro atoms. The minimum absolute atomic E-state index is 0.0159. The Bertz CT molecular complexity index is 1040. The molecule has 4 rings (SSSR count). The quantitative estimate of drug-likeness (QED) is 0.649. The molecule has 0 unspecified atom stereocenters. The van der Waals surface area contributed by atoms with E-state index in [-0.39, 0.29) is 24.3 Å². The van der Waals surface area contributed by atoms with Gasteiger partial charge in [-0.2, -0.15) is 10.2 Å². The first-order chi connectivity index (χ1) is 13.0. The third kappa shape index (κ3) is 3.43. The van der Waals surface area contributed by atoms with Gasteiger partial charge in [-0.3, -0.25) is 23.9 Å². The summed E-state index contributed by atoms with van der Waals surface area (Å²) < 4.78 is 14.2. The molecule has 0 amide bonds. The first-order valence-corrected chi connectivity index (χ1v) is 8.42. The monoisotopic (exact) mass is 367 g/mol. The molecule has 3 aromatic rings. The molecule has 138 valence electrons. The topological polar surface area (TPSA) is 101 Å². The maximum Gasteiger partial charge on any atom is 0.311 e. The molecule has 0 N–H and O–H groups in total. The fraction of sp³-hybridized carbons (Fsp3) is 0.278. The van der Waals surface area contributed by atoms with Gasteiger partial charge < -0.3 is 9.47 Å². The van der Waals surface area contributed by atoms with Crippen molar-refractivity contribution in [1.82, 2.24) is 24.5 Å². The van der Waals surface area contributed by atoms with Gasteiger partial charge in [0.1, 0.15) is 5.69 Å². The van der Waals surface area contributed by atoms with Gasteiger partial charge in [-0.25, -0.2) is 0 Å². The van der Waals surface area contributed by atoms with E-state index >= 15 is 0 Å². The number of hydrogen-bond donors (Lipinski definition) is 0. The van der Waals surface area contributed by atoms with Gasteiger partial charge in [0, 0.05) is 31.1 Å². The first-order valence-electron chi connectivity index (χ1n) is 8.42. The summed E-state index contributed by atoms with van der Waals surface area (Å²) in [6, 6.07) is 3.48. The van der Waals surface area contributed by atoms with Crippen molar-refractivity contribution in [3.8, 4) is 22.8 Å². The van der Waals surface area contributed by atoms with Gasteiger partial charge in [0.25, 0.3) is 0 Å². The van der Waals surface area contributed by atoms with Crippen molar-refractivity contribution in [3.05, 3.63) is 42.1 Å². The number of aryl methyl sites for hydroxylation is 2. The van der Waals surface area contributed by atoms with Crippen LogP contribution in [0.25, 0.3) is 11.3 Å². The van der Waals surface area contributed by atoms with E-state index in [2.05, 4.69) is 15.2 Å². The lowest BCUT2D eigenvalue weighted by Crippen LogP contribution is -2.19. The normalized spacial score (nSPS) is 14.1. The average molecular weight is 367 g/mol. The minimum Gasteiger partial charge on any atom is -0.422 e. The van der Waals surface area contributed by atoms with Crippen LogP contribution in [0, 0.1) is 6.92 Å². The molecule has 0 aliphatic carbocycles. The summed E-state index contributed by atoms with van der Waals surface area (Å²) in [7, 11) is 1.88. The van der Waals surface area contributed by atoms with Crippen molar-refractivity contribution in [3.63, 3.8) is 0 Å². The van der Waals surface area contributed by atoms with Crippen LogP contribution in [0.15, 0.2) is 30.7 Å². The molecule has 0 radical (unpaired) electrons. The van der Waals surface area contributed by atoms with Gasteiger partial charge >= 0.3 is 11.9 Å². The van der Waals surface area contributed by atoms with Crippen LogP contribution in [-0.2, 0) is 23.2 Å². The smallest absolute Gasteiger partial charge is 0.311 e. The Morgan fingerprint density at radius 1 is 1.19 bits per heavy atom. The first kappa shape index (κ1) is 17.0. The highest BCUT2D eigenvalue weighted by Gasteiger charge is 2.24. The number of ether oxygens (including phenoxy) is 2. The summed E-state index contributed by atoms with van der Waals surface area (Å²) >= 11 is 0. The van der Waals surface area contributed by atoms with Gasteiger partial charge in [-0.15, -0.1) is 0 Å². The molecule has 0 saturated heterocycles. The van der Waals surface area contributed by atoms with Crippen LogP contribution in [0.1, 0.15) is 24.2 Å². The van der Waals surface area contributed by atoms with Crippen molar-refractivity contribution in [2.45, 2.75) is 26.3 Å². The molecule has 4 heterocycles. The zero-order valence-electron chi connectivity index (χ0n) is 14.9. The highest BCUT2D eigenvalue weighted by Crippen LogP contribution is 2.37. The third-order valence-electron chi connectivity index (χ3n) is 4.17. The fourth-order valence-electron chi connectivity index (χ4n) is 2.91. The molecule has 1 aliphatic heterocycles. The number of rotatable bonds is 3. The molecule has 0 fully saturated rings. The Kier molecular flexibility index (Phi) is 4.19. The summed E-state index contributed by atoms with van der Waals surface area (Å²) in [5, 5.41) is 8.67. The number of nitrogens with zero attached hydrogens (tertiary/aromatic N) is 5. The van der Waals surface area contributed by atoms with E-state index in [1.54, 1.807) is 21.8 Å². The summed E-state index contributed by atoms with van der Waals surface area (Å²) in [5.74, 6) is -0.674. The Morgan fingerprint density at radius 2 is 1.96 bits per heavy atom. The van der Waals surface area contributed by atoms with Gasteiger partial charge in [-0.05, 0) is 13.0 Å². The predicted molar refractivity (Wildman–Crippen MR) is 93.0 cm³/mol. The van der Waals surface area contributed by atoms with E-state index in [0.717, 1.165) is 11.4 Å². The number of aromatic nitrogens is 5. The third-order valence-corrected chi connectivity index (χ3v) is 4.17. The van der Waals surface area contributed by atoms with Crippen LogP contribution >= 0.6 is 0 Å². The fourth-order valence-corrected chi connectivity index (χ4v) is 2.91. The van der Waals surface area contributed by atoms with Crippen molar-refractivity contribution in [2.24, 2.45) is 7.05 Å². The van der Waals surface area contributed by atoms with Crippen LogP contribution in [-0.4, -0.2) is 36.5 Å². The van der Waals surface area contributed by atoms with Crippen LogP contribution in [0.2, 0.25) is 0 Å². The second-order valence-electron chi connectivity index (χ2n) is 6.26. The van der Waals surface area contributed by atoms with Crippen LogP contribution < -0.4 is 9.47 Å². The number of hydrogen-bond acceptors (Lipinski definition) is 7. The summed E-state index contributed by atoms with van der Waals surface area (Å²) in [4.78, 5) is 28.0. The lowest BCUT2D eigenvalue weighted by Gasteiger charge is -2.15. The van der Waals surface area contributed by atoms with Crippen molar-refractivity contribution in [1.29, 1.82) is 0 Å². The number of esters is 2. The number of fused-ring (bicyclic) bond motifs is 1. The zero-order valence-corrected chi connectivity index (χ0v) is 14.9. The second kappa shape index (κ2) is 6.67. The number of pyridine rings is 1. The standard InChI is InChI=1S/C18H17N5O4/c1-11-7-13(22(2)21-11)10-23-9-12(8-20-23)17-18-14(5-6-19-17)26-15(24)3-4-16(25)27-18/h5-9H,3-4,10H2,1-2H3. The second-order valence-corrected chi connectivity index (χ2v) is 6.26. The van der Waals surface area contributed by atoms with Gasteiger partial charge in [-0.1, -0.05) is 0 Å². The summed E-state index contributed by atoms with van der Waals surface area (Å²) in [6.45, 7) is 2.46. The number of carbonyl (C=O) groups is 2. The molecule has 9 nitrogen and oxygen atoms in total. The lowest BCUT2D eigenvalue weighted by molar-refractivity contribution is -0.142. The molecule has 1 aliphatic rings. The predicted octanol–water partition coefficient (Wildman–Crippen LogP) is 1.64. The van der Waals surface area contributed by atoms with Gasteiger partial charge in [0.15, 0.2) is 11.5 Å². The molecule has 3 aromatic heterocycles. The molecular weight excluding hydrogens is 350 g/mol. The Balaban J connectivity index is 1.68. The Labute approximate surface area is 154 Å². The van der Waals surface area contributed by atoms with E-state index in [1.807, 2.05) is 20.0 Å². The van der Waals surface area contributed by atoms with E-state index in [0.29, 0.717) is 17.8 Å². The SMILES string of the molecule is Cc1cc(Cn2cc(-c3nccc4c3OC(=O)CCC(=O)O4)cn2)n(C)n1. The average Bonchev–Trinajstić information content (AvgIpc) is 3.20. The van der Waals surface area contributed by atoms with E-state index in [9.17, 15) is 9.59 Å². The molecular formula is C18H17N5O4. The zero-order chi connectivity index (χ0) is 19.0. The lowest BCUT2D eigenvalue weighted by atomic mass is 10.2. The largest absolute Gasteiger partial charge is 0.422 e. The van der Waals surface area contributed by atoms with Crippen LogP contribution in [0.4, 0.5) is 0 Å². The van der Waals surface area contributed by atoms with E-state index in [1.165, 1.54) is 12.3 Å². The molecule has 9 heteroatoms. The van der Waals surface area contributed by atoms with Crippen LogP contribution in [0.5, 0.6) is 11.5 Å². The highest BCUT2D eigenvalue weighted by molar-refractivity contribution is 5.85. The van der Waals surface area contributed by atoms with Gasteiger partial charge in [0.05, 0.1) is 37.0 Å². The molecule has 0 atom stereocenters. The van der Waals surface area contributed by atoms with Gasteiger partial charge in [0.2, 0.25) is 0 Å². The maximum absolute atomic E-state index is 11.9. The van der Waals surface area contributed by atoms with E-state index < -0.39 is 11.9 Å². The Morgan fingerprint density at radius 3 is 2.70 bits per heavy atom.